The Morgan fingerprint density at radius 1 is 1.33 bits per heavy atom. The van der Waals surface area contributed by atoms with Gasteiger partial charge in [-0.3, -0.25) is 9.59 Å². The number of carbonyl (C=O) groups excluding carboxylic acids is 1. The molecule has 1 aliphatic rings. The maximum absolute atomic E-state index is 11.6. The second-order valence-electron chi connectivity index (χ2n) is 3.38. The van der Waals surface area contributed by atoms with Crippen molar-refractivity contribution in [1.29, 1.82) is 0 Å². The van der Waals surface area contributed by atoms with Crippen molar-refractivity contribution in [3.05, 3.63) is 33.3 Å². The molecule has 5 heteroatoms. The molecular formula is C10H6Cl2O3. The van der Waals surface area contributed by atoms with Crippen molar-refractivity contribution in [3.63, 3.8) is 0 Å². The molecule has 3 nitrogen and oxygen atoms in total. The van der Waals surface area contributed by atoms with Crippen LogP contribution in [0.15, 0.2) is 12.1 Å². The molecule has 1 N–H and O–H groups in total. The van der Waals surface area contributed by atoms with Gasteiger partial charge in [0.2, 0.25) is 0 Å². The fourth-order valence-electron chi connectivity index (χ4n) is 1.69. The Bertz CT molecular complexity index is 468. The third-order valence-corrected chi connectivity index (χ3v) is 3.17. The van der Waals surface area contributed by atoms with Crippen LogP contribution in [0.1, 0.15) is 15.9 Å². The zero-order valence-electron chi connectivity index (χ0n) is 7.46. The predicted octanol–water partition coefficient (Wildman–Crippen LogP) is 2.43. The largest absolute Gasteiger partial charge is 0.481 e. The van der Waals surface area contributed by atoms with Crippen LogP contribution in [0, 0.1) is 5.92 Å². The van der Waals surface area contributed by atoms with Crippen molar-refractivity contribution in [2.24, 2.45) is 5.92 Å². The molecule has 0 amide bonds. The molecule has 2 rings (SSSR count). The molecule has 0 saturated heterocycles. The number of halogens is 2. The van der Waals surface area contributed by atoms with E-state index >= 15 is 0 Å². The van der Waals surface area contributed by atoms with E-state index in [0.29, 0.717) is 16.1 Å². The number of fused-ring (bicyclic) bond motifs is 1. The van der Waals surface area contributed by atoms with Gasteiger partial charge in [-0.1, -0.05) is 23.2 Å². The normalized spacial score (nSPS) is 19.1. The second kappa shape index (κ2) is 3.51. The number of benzene rings is 1. The van der Waals surface area contributed by atoms with Crippen molar-refractivity contribution in [2.75, 3.05) is 0 Å². The molecule has 1 aromatic carbocycles. The lowest BCUT2D eigenvalue weighted by atomic mass is 10.1. The smallest absolute Gasteiger partial charge is 0.314 e. The minimum atomic E-state index is -1.11. The van der Waals surface area contributed by atoms with E-state index in [4.69, 9.17) is 28.3 Å². The zero-order valence-corrected chi connectivity index (χ0v) is 8.97. The monoisotopic (exact) mass is 244 g/mol. The third kappa shape index (κ3) is 1.62. The molecule has 0 radical (unpaired) electrons. The Morgan fingerprint density at radius 2 is 1.93 bits per heavy atom. The number of aliphatic carboxylic acids is 1. The van der Waals surface area contributed by atoms with Crippen molar-refractivity contribution in [1.82, 2.24) is 0 Å². The Balaban J connectivity index is 2.50. The molecule has 0 aliphatic heterocycles. The summed E-state index contributed by atoms with van der Waals surface area (Å²) in [7, 11) is 0. The third-order valence-electron chi connectivity index (χ3n) is 2.45. The number of ketones is 1. The number of hydrogen-bond donors (Lipinski definition) is 1. The van der Waals surface area contributed by atoms with Crippen molar-refractivity contribution in [2.45, 2.75) is 6.42 Å². The van der Waals surface area contributed by atoms with E-state index in [1.165, 1.54) is 6.07 Å². The molecule has 0 bridgehead atoms. The Labute approximate surface area is 95.6 Å². The van der Waals surface area contributed by atoms with Crippen LogP contribution < -0.4 is 0 Å². The molecule has 0 spiro atoms. The number of carbonyl (C=O) groups is 2. The summed E-state index contributed by atoms with van der Waals surface area (Å²) >= 11 is 11.5. The van der Waals surface area contributed by atoms with E-state index in [1.54, 1.807) is 6.07 Å². The zero-order chi connectivity index (χ0) is 11.2. The van der Waals surface area contributed by atoms with Crippen LogP contribution in [0.2, 0.25) is 10.0 Å². The topological polar surface area (TPSA) is 54.4 Å². The highest BCUT2D eigenvalue weighted by Crippen LogP contribution is 2.33. The van der Waals surface area contributed by atoms with Gasteiger partial charge in [-0.2, -0.15) is 0 Å². The first-order valence-electron chi connectivity index (χ1n) is 4.25. The Morgan fingerprint density at radius 3 is 2.53 bits per heavy atom. The van der Waals surface area contributed by atoms with E-state index in [-0.39, 0.29) is 11.4 Å². The number of carboxylic acid groups (broad SMARTS) is 1. The van der Waals surface area contributed by atoms with Crippen molar-refractivity contribution in [3.8, 4) is 0 Å². The van der Waals surface area contributed by atoms with Crippen LogP contribution in [0.4, 0.5) is 0 Å². The van der Waals surface area contributed by atoms with Gasteiger partial charge in [0.15, 0.2) is 5.78 Å². The summed E-state index contributed by atoms with van der Waals surface area (Å²) in [5.74, 6) is -2.49. The summed E-state index contributed by atoms with van der Waals surface area (Å²) in [4.78, 5) is 22.4. The predicted molar refractivity (Wildman–Crippen MR) is 55.6 cm³/mol. The van der Waals surface area contributed by atoms with Crippen LogP contribution in [0.3, 0.4) is 0 Å². The summed E-state index contributed by atoms with van der Waals surface area (Å²) in [5, 5.41) is 9.42. The van der Waals surface area contributed by atoms with E-state index in [2.05, 4.69) is 0 Å². The van der Waals surface area contributed by atoms with E-state index < -0.39 is 17.7 Å². The first kappa shape index (κ1) is 10.5. The molecule has 1 atom stereocenters. The van der Waals surface area contributed by atoms with Gasteiger partial charge in [0, 0.05) is 5.56 Å². The van der Waals surface area contributed by atoms with Crippen LogP contribution >= 0.6 is 23.2 Å². The van der Waals surface area contributed by atoms with Crippen molar-refractivity contribution >= 4 is 35.0 Å². The quantitative estimate of drug-likeness (QED) is 0.773. The van der Waals surface area contributed by atoms with Gasteiger partial charge >= 0.3 is 5.97 Å². The summed E-state index contributed by atoms with van der Waals surface area (Å²) in [6.45, 7) is 0. The van der Waals surface area contributed by atoms with Crippen LogP contribution in [0.5, 0.6) is 0 Å². The molecule has 0 heterocycles. The molecular weight excluding hydrogens is 239 g/mol. The minimum Gasteiger partial charge on any atom is -0.481 e. The number of rotatable bonds is 1. The summed E-state index contributed by atoms with van der Waals surface area (Å²) in [6, 6.07) is 2.99. The first-order valence-corrected chi connectivity index (χ1v) is 5.01. The molecule has 0 fully saturated rings. The van der Waals surface area contributed by atoms with Gasteiger partial charge < -0.3 is 5.11 Å². The number of carboxylic acids is 1. The number of Topliss-reactive ketones (excluding diaryl/α,β-unsaturated/α-hetero) is 1. The van der Waals surface area contributed by atoms with Crippen LogP contribution in [0.25, 0.3) is 0 Å². The van der Waals surface area contributed by atoms with Gasteiger partial charge in [-0.15, -0.1) is 0 Å². The van der Waals surface area contributed by atoms with Gasteiger partial charge in [0.25, 0.3) is 0 Å². The Kier molecular flexibility index (Phi) is 2.44. The average molecular weight is 245 g/mol. The first-order chi connectivity index (χ1) is 7.00. The molecule has 78 valence electrons. The lowest BCUT2D eigenvalue weighted by molar-refractivity contribution is -0.139. The molecule has 1 aromatic rings. The molecule has 1 unspecified atom stereocenters. The van der Waals surface area contributed by atoms with Gasteiger partial charge in [-0.05, 0) is 24.1 Å². The maximum Gasteiger partial charge on any atom is 0.314 e. The molecule has 0 saturated carbocycles. The van der Waals surface area contributed by atoms with E-state index in [1.807, 2.05) is 0 Å². The van der Waals surface area contributed by atoms with Crippen molar-refractivity contribution < 1.29 is 14.7 Å². The highest BCUT2D eigenvalue weighted by molar-refractivity contribution is 6.42. The summed E-state index contributed by atoms with van der Waals surface area (Å²) in [6.07, 6.45) is 0.195. The van der Waals surface area contributed by atoms with E-state index in [9.17, 15) is 9.59 Å². The number of hydrogen-bond acceptors (Lipinski definition) is 2. The van der Waals surface area contributed by atoms with Gasteiger partial charge in [-0.25, -0.2) is 0 Å². The van der Waals surface area contributed by atoms with Gasteiger partial charge in [0.1, 0.15) is 5.92 Å². The van der Waals surface area contributed by atoms with Gasteiger partial charge in [0.05, 0.1) is 10.0 Å². The highest BCUT2D eigenvalue weighted by atomic mass is 35.5. The lowest BCUT2D eigenvalue weighted by Crippen LogP contribution is -2.19. The SMILES string of the molecule is O=C(O)C1Cc2cc(Cl)c(Cl)cc2C1=O. The average Bonchev–Trinajstić information content (AvgIpc) is 2.46. The molecule has 1 aliphatic carbocycles. The minimum absolute atomic E-state index is 0.195. The highest BCUT2D eigenvalue weighted by Gasteiger charge is 2.36. The standard InChI is InChI=1S/C10H6Cl2O3/c11-7-2-4-1-6(10(14)15)9(13)5(4)3-8(7)12/h2-3,6H,1H2,(H,14,15). The van der Waals surface area contributed by atoms with Crippen LogP contribution in [-0.2, 0) is 11.2 Å². The molecule has 15 heavy (non-hydrogen) atoms. The summed E-state index contributed by atoms with van der Waals surface area (Å²) in [5.41, 5.74) is 1.03. The maximum atomic E-state index is 11.6. The molecule has 0 aromatic heterocycles. The van der Waals surface area contributed by atoms with E-state index in [0.717, 1.165) is 0 Å². The fraction of sp³-hybridized carbons (Fsp3) is 0.200. The second-order valence-corrected chi connectivity index (χ2v) is 4.20. The lowest BCUT2D eigenvalue weighted by Gasteiger charge is -1.99. The summed E-state index contributed by atoms with van der Waals surface area (Å²) < 4.78 is 0. The Hall–Kier alpha value is -1.06. The fourth-order valence-corrected chi connectivity index (χ4v) is 2.04. The van der Waals surface area contributed by atoms with Crippen LogP contribution in [-0.4, -0.2) is 16.9 Å².